The van der Waals surface area contributed by atoms with Crippen LogP contribution in [0.5, 0.6) is 11.5 Å². The second-order valence-electron chi connectivity index (χ2n) is 4.73. The third kappa shape index (κ3) is 6.97. The van der Waals surface area contributed by atoms with Crippen LogP contribution in [-0.2, 0) is 14.3 Å². The number of esters is 1. The zero-order valence-corrected chi connectivity index (χ0v) is 13.3. The molecule has 0 spiro atoms. The number of carbonyl (C=O) groups excluding carboxylic acids is 2. The van der Waals surface area contributed by atoms with Gasteiger partial charge >= 0.3 is 5.97 Å². The summed E-state index contributed by atoms with van der Waals surface area (Å²) in [6, 6.07) is 6.97. The van der Waals surface area contributed by atoms with E-state index < -0.39 is 5.97 Å². The lowest BCUT2D eigenvalue weighted by Gasteiger charge is -2.11. The third-order valence-corrected chi connectivity index (χ3v) is 2.88. The Hall–Kier alpha value is -2.24. The Morgan fingerprint density at radius 2 is 1.64 bits per heavy atom. The van der Waals surface area contributed by atoms with E-state index in [-0.39, 0.29) is 25.2 Å². The van der Waals surface area contributed by atoms with Crippen LogP contribution in [0.3, 0.4) is 0 Å². The molecule has 0 aromatic heterocycles. The van der Waals surface area contributed by atoms with E-state index in [9.17, 15) is 9.59 Å². The predicted molar refractivity (Wildman–Crippen MR) is 82.0 cm³/mol. The summed E-state index contributed by atoms with van der Waals surface area (Å²) >= 11 is 0. The summed E-state index contributed by atoms with van der Waals surface area (Å²) in [4.78, 5) is 22.9. The van der Waals surface area contributed by atoms with Crippen LogP contribution < -0.4 is 14.8 Å². The lowest BCUT2D eigenvalue weighted by atomic mass is 10.2. The van der Waals surface area contributed by atoms with E-state index in [4.69, 9.17) is 14.2 Å². The van der Waals surface area contributed by atoms with Crippen LogP contribution in [-0.4, -0.2) is 37.7 Å². The summed E-state index contributed by atoms with van der Waals surface area (Å²) in [7, 11) is 0. The van der Waals surface area contributed by atoms with Crippen LogP contribution in [0.15, 0.2) is 24.3 Å². The Morgan fingerprint density at radius 3 is 2.18 bits per heavy atom. The van der Waals surface area contributed by atoms with E-state index >= 15 is 0 Å². The Balaban J connectivity index is 2.26. The van der Waals surface area contributed by atoms with Gasteiger partial charge in [-0.15, -0.1) is 0 Å². The fourth-order valence-electron chi connectivity index (χ4n) is 1.55. The first-order valence-electron chi connectivity index (χ1n) is 7.35. The number of benzene rings is 1. The minimum Gasteiger partial charge on any atom is -0.494 e. The fraction of sp³-hybridized carbons (Fsp3) is 0.500. The van der Waals surface area contributed by atoms with Crippen LogP contribution in [0.25, 0.3) is 0 Å². The van der Waals surface area contributed by atoms with Gasteiger partial charge in [-0.3, -0.25) is 4.79 Å². The summed E-state index contributed by atoms with van der Waals surface area (Å²) in [5.41, 5.74) is 0. The second-order valence-corrected chi connectivity index (χ2v) is 4.73. The third-order valence-electron chi connectivity index (χ3n) is 2.88. The lowest BCUT2D eigenvalue weighted by Crippen LogP contribution is -2.35. The van der Waals surface area contributed by atoms with Gasteiger partial charge in [0.1, 0.15) is 11.5 Å². The molecular weight excluding hydrogens is 286 g/mol. The van der Waals surface area contributed by atoms with E-state index in [0.29, 0.717) is 12.4 Å². The van der Waals surface area contributed by atoms with Crippen LogP contribution in [0.4, 0.5) is 0 Å². The van der Waals surface area contributed by atoms with Gasteiger partial charge in [0.05, 0.1) is 6.61 Å². The van der Waals surface area contributed by atoms with E-state index in [0.717, 1.165) is 12.2 Å². The minimum atomic E-state index is -0.590. The molecule has 1 rings (SSSR count). The average molecular weight is 309 g/mol. The molecule has 6 nitrogen and oxygen atoms in total. The molecule has 0 saturated carbocycles. The molecule has 0 heterocycles. The number of ether oxygens (including phenoxy) is 3. The standard InChI is InChI=1S/C16H23NO5/c1-4-12(3)17-15(18)10-22-16(19)11-21-14-8-6-13(7-9-14)20-5-2/h6-9,12H,4-5,10-11H2,1-3H3,(H,17,18)/t12-/m0/s1. The average Bonchev–Trinajstić information content (AvgIpc) is 2.52. The maximum Gasteiger partial charge on any atom is 0.344 e. The van der Waals surface area contributed by atoms with Crippen molar-refractivity contribution >= 4 is 11.9 Å². The van der Waals surface area contributed by atoms with Gasteiger partial charge in [0.25, 0.3) is 5.91 Å². The first kappa shape index (κ1) is 17.8. The Morgan fingerprint density at radius 1 is 1.05 bits per heavy atom. The van der Waals surface area contributed by atoms with Crippen molar-refractivity contribution in [2.75, 3.05) is 19.8 Å². The maximum absolute atomic E-state index is 11.5. The number of amides is 1. The molecule has 0 aliphatic heterocycles. The van der Waals surface area contributed by atoms with Crippen molar-refractivity contribution in [3.05, 3.63) is 24.3 Å². The summed E-state index contributed by atoms with van der Waals surface area (Å²) in [6.07, 6.45) is 0.820. The van der Waals surface area contributed by atoms with E-state index in [1.807, 2.05) is 20.8 Å². The Kier molecular flexibility index (Phi) is 7.81. The molecule has 0 aliphatic rings. The highest BCUT2D eigenvalue weighted by molar-refractivity contribution is 5.81. The Bertz CT molecular complexity index is 472. The topological polar surface area (TPSA) is 73.9 Å². The van der Waals surface area contributed by atoms with Crippen LogP contribution in [0.1, 0.15) is 27.2 Å². The lowest BCUT2D eigenvalue weighted by molar-refractivity contribution is -0.150. The van der Waals surface area contributed by atoms with Crippen molar-refractivity contribution in [1.82, 2.24) is 5.32 Å². The molecule has 0 bridgehead atoms. The minimum absolute atomic E-state index is 0.0614. The quantitative estimate of drug-likeness (QED) is 0.706. The maximum atomic E-state index is 11.5. The van der Waals surface area contributed by atoms with Crippen molar-refractivity contribution in [3.8, 4) is 11.5 Å². The van der Waals surface area contributed by atoms with Crippen LogP contribution >= 0.6 is 0 Å². The van der Waals surface area contributed by atoms with Gasteiger partial charge in [0, 0.05) is 6.04 Å². The zero-order chi connectivity index (χ0) is 16.4. The van der Waals surface area contributed by atoms with Crippen molar-refractivity contribution in [1.29, 1.82) is 0 Å². The first-order chi connectivity index (χ1) is 10.5. The highest BCUT2D eigenvalue weighted by Gasteiger charge is 2.10. The zero-order valence-electron chi connectivity index (χ0n) is 13.3. The highest BCUT2D eigenvalue weighted by atomic mass is 16.6. The molecule has 0 aliphatic carbocycles. The van der Waals surface area contributed by atoms with Gasteiger partial charge in [-0.1, -0.05) is 6.92 Å². The monoisotopic (exact) mass is 309 g/mol. The molecule has 0 saturated heterocycles. The highest BCUT2D eigenvalue weighted by Crippen LogP contribution is 2.17. The van der Waals surface area contributed by atoms with Gasteiger partial charge in [0.15, 0.2) is 13.2 Å². The molecular formula is C16H23NO5. The SMILES string of the molecule is CCOc1ccc(OCC(=O)OCC(=O)N[C@@H](C)CC)cc1. The number of nitrogens with one attached hydrogen (secondary N) is 1. The molecule has 22 heavy (non-hydrogen) atoms. The molecule has 1 atom stereocenters. The molecule has 1 N–H and O–H groups in total. The molecule has 0 unspecified atom stereocenters. The van der Waals surface area contributed by atoms with E-state index in [1.165, 1.54) is 0 Å². The molecule has 0 fully saturated rings. The van der Waals surface area contributed by atoms with E-state index in [1.54, 1.807) is 24.3 Å². The molecule has 1 aromatic rings. The molecule has 122 valence electrons. The van der Waals surface area contributed by atoms with Crippen LogP contribution in [0.2, 0.25) is 0 Å². The normalized spacial score (nSPS) is 11.4. The van der Waals surface area contributed by atoms with Crippen molar-refractivity contribution in [3.63, 3.8) is 0 Å². The van der Waals surface area contributed by atoms with E-state index in [2.05, 4.69) is 5.32 Å². The molecule has 0 radical (unpaired) electrons. The fourth-order valence-corrected chi connectivity index (χ4v) is 1.55. The molecule has 1 aromatic carbocycles. The number of carbonyl (C=O) groups is 2. The van der Waals surface area contributed by atoms with Gasteiger partial charge in [-0.25, -0.2) is 4.79 Å². The van der Waals surface area contributed by atoms with Crippen LogP contribution in [0, 0.1) is 0 Å². The van der Waals surface area contributed by atoms with Gasteiger partial charge in [0.2, 0.25) is 0 Å². The summed E-state index contributed by atoms with van der Waals surface area (Å²) in [5.74, 6) is 0.362. The van der Waals surface area contributed by atoms with Gasteiger partial charge in [-0.2, -0.15) is 0 Å². The summed E-state index contributed by atoms with van der Waals surface area (Å²) < 4.78 is 15.4. The Labute approximate surface area is 130 Å². The summed E-state index contributed by atoms with van der Waals surface area (Å²) in [5, 5.41) is 2.71. The summed E-state index contributed by atoms with van der Waals surface area (Å²) in [6.45, 7) is 5.79. The van der Waals surface area contributed by atoms with Gasteiger partial charge < -0.3 is 19.5 Å². The smallest absolute Gasteiger partial charge is 0.344 e. The number of rotatable bonds is 9. The number of hydrogen-bond acceptors (Lipinski definition) is 5. The first-order valence-corrected chi connectivity index (χ1v) is 7.35. The predicted octanol–water partition coefficient (Wildman–Crippen LogP) is 1.92. The van der Waals surface area contributed by atoms with Crippen molar-refractivity contribution < 1.29 is 23.8 Å². The van der Waals surface area contributed by atoms with Gasteiger partial charge in [-0.05, 0) is 44.5 Å². The largest absolute Gasteiger partial charge is 0.494 e. The molecule has 6 heteroatoms. The number of hydrogen-bond donors (Lipinski definition) is 1. The van der Waals surface area contributed by atoms with Crippen molar-refractivity contribution in [2.45, 2.75) is 33.2 Å². The van der Waals surface area contributed by atoms with Crippen molar-refractivity contribution in [2.24, 2.45) is 0 Å². The second kappa shape index (κ2) is 9.65. The molecule has 1 amide bonds.